The molecular weight excluding hydrogens is 270 g/mol. The molecule has 0 saturated carbocycles. The Morgan fingerprint density at radius 3 is 3.00 bits per heavy atom. The van der Waals surface area contributed by atoms with Crippen LogP contribution in [0.5, 0.6) is 5.75 Å². The van der Waals surface area contributed by atoms with Gasteiger partial charge in [0.1, 0.15) is 5.75 Å². The van der Waals surface area contributed by atoms with Gasteiger partial charge in [-0.25, -0.2) is 0 Å². The van der Waals surface area contributed by atoms with E-state index in [4.69, 9.17) is 11.6 Å². The van der Waals surface area contributed by atoms with E-state index in [1.165, 1.54) is 18.6 Å². The first-order valence-electron chi connectivity index (χ1n) is 5.91. The van der Waals surface area contributed by atoms with Gasteiger partial charge in [-0.1, -0.05) is 11.6 Å². The number of hydrogen-bond acceptors (Lipinski definition) is 3. The van der Waals surface area contributed by atoms with Crippen LogP contribution < -0.4 is 5.32 Å². The summed E-state index contributed by atoms with van der Waals surface area (Å²) in [6, 6.07) is 4.52. The molecule has 1 heterocycles. The third-order valence-electron chi connectivity index (χ3n) is 3.13. The highest BCUT2D eigenvalue weighted by Gasteiger charge is 2.30. The van der Waals surface area contributed by atoms with Crippen LogP contribution in [-0.2, 0) is 0 Å². The van der Waals surface area contributed by atoms with Crippen LogP contribution in [-0.4, -0.2) is 28.1 Å². The van der Waals surface area contributed by atoms with E-state index < -0.39 is 0 Å². The van der Waals surface area contributed by atoms with E-state index in [0.29, 0.717) is 11.6 Å². The maximum absolute atomic E-state index is 12.0. The van der Waals surface area contributed by atoms with Gasteiger partial charge in [0.25, 0.3) is 5.91 Å². The molecule has 5 heteroatoms. The number of nitrogens with one attached hydrogen (secondary N) is 1. The number of hydrogen-bond donors (Lipinski definition) is 2. The number of benzene rings is 1. The topological polar surface area (TPSA) is 49.3 Å². The average molecular weight is 286 g/mol. The third-order valence-corrected chi connectivity index (χ3v) is 4.90. The second kappa shape index (κ2) is 5.41. The molecule has 1 atom stereocenters. The average Bonchev–Trinajstić information content (AvgIpc) is 2.74. The summed E-state index contributed by atoms with van der Waals surface area (Å²) in [6.07, 6.45) is 2.31. The number of carbonyl (C=O) groups excluding carboxylic acids is 1. The van der Waals surface area contributed by atoms with Gasteiger partial charge < -0.3 is 10.4 Å². The molecule has 1 aromatic carbocycles. The maximum atomic E-state index is 12.0. The summed E-state index contributed by atoms with van der Waals surface area (Å²) in [4.78, 5) is 12.0. The highest BCUT2D eigenvalue weighted by molar-refractivity contribution is 8.00. The van der Waals surface area contributed by atoms with E-state index in [1.54, 1.807) is 6.07 Å². The first-order chi connectivity index (χ1) is 8.50. The molecule has 1 amide bonds. The number of rotatable bonds is 3. The number of halogens is 1. The summed E-state index contributed by atoms with van der Waals surface area (Å²) in [6.45, 7) is 2.78. The van der Waals surface area contributed by atoms with Crippen molar-refractivity contribution in [1.82, 2.24) is 5.32 Å². The Balaban J connectivity index is 1.99. The molecule has 0 spiro atoms. The van der Waals surface area contributed by atoms with Crippen molar-refractivity contribution < 1.29 is 9.90 Å². The van der Waals surface area contributed by atoms with E-state index >= 15 is 0 Å². The molecule has 0 radical (unpaired) electrons. The van der Waals surface area contributed by atoms with Crippen molar-refractivity contribution in [1.29, 1.82) is 0 Å². The van der Waals surface area contributed by atoms with E-state index in [1.807, 2.05) is 11.8 Å². The van der Waals surface area contributed by atoms with Gasteiger partial charge >= 0.3 is 0 Å². The van der Waals surface area contributed by atoms with Gasteiger partial charge in [-0.2, -0.15) is 11.8 Å². The van der Waals surface area contributed by atoms with Gasteiger partial charge in [0.05, 0.1) is 5.56 Å². The van der Waals surface area contributed by atoms with Crippen LogP contribution >= 0.6 is 23.4 Å². The first-order valence-corrected chi connectivity index (χ1v) is 7.27. The fourth-order valence-corrected chi connectivity index (χ4v) is 3.45. The standard InChI is InChI=1S/C13H16ClNO2S/c1-13(5-2-6-18-13)8-15-12(17)10-4-3-9(14)7-11(10)16/h3-4,7,16H,2,5-6,8H2,1H3,(H,15,17). The molecule has 3 nitrogen and oxygen atoms in total. The smallest absolute Gasteiger partial charge is 0.255 e. The first kappa shape index (κ1) is 13.6. The van der Waals surface area contributed by atoms with Crippen LogP contribution in [0.25, 0.3) is 0 Å². The van der Waals surface area contributed by atoms with Gasteiger partial charge in [-0.3, -0.25) is 4.79 Å². The minimum absolute atomic E-state index is 0.0794. The summed E-state index contributed by atoms with van der Waals surface area (Å²) in [5.74, 6) is 0.820. The molecule has 1 aliphatic rings. The minimum Gasteiger partial charge on any atom is -0.507 e. The lowest BCUT2D eigenvalue weighted by atomic mass is 10.1. The lowest BCUT2D eigenvalue weighted by Gasteiger charge is -2.22. The molecule has 2 N–H and O–H groups in total. The van der Waals surface area contributed by atoms with E-state index in [2.05, 4.69) is 12.2 Å². The zero-order valence-electron chi connectivity index (χ0n) is 10.2. The molecule has 1 saturated heterocycles. The molecule has 1 aromatic rings. The molecule has 18 heavy (non-hydrogen) atoms. The summed E-state index contributed by atoms with van der Waals surface area (Å²) in [5.41, 5.74) is 0.269. The second-order valence-corrected chi connectivity index (χ2v) is 6.87. The summed E-state index contributed by atoms with van der Waals surface area (Å²) in [7, 11) is 0. The van der Waals surface area contributed by atoms with Crippen molar-refractivity contribution in [3.8, 4) is 5.75 Å². The van der Waals surface area contributed by atoms with Crippen LogP contribution in [0, 0.1) is 0 Å². The Hall–Kier alpha value is -0.870. The van der Waals surface area contributed by atoms with Gasteiger partial charge in [0.15, 0.2) is 0 Å². The minimum atomic E-state index is -0.252. The lowest BCUT2D eigenvalue weighted by Crippen LogP contribution is -2.36. The number of phenolic OH excluding ortho intramolecular Hbond substituents is 1. The van der Waals surface area contributed by atoms with Crippen LogP contribution in [0.15, 0.2) is 18.2 Å². The van der Waals surface area contributed by atoms with Crippen LogP contribution in [0.2, 0.25) is 5.02 Å². The van der Waals surface area contributed by atoms with Crippen molar-refractivity contribution in [3.63, 3.8) is 0 Å². The SMILES string of the molecule is CC1(CNC(=O)c2ccc(Cl)cc2O)CCCS1. The molecule has 2 rings (SSSR count). The number of thioether (sulfide) groups is 1. The normalized spacial score (nSPS) is 23.0. The van der Waals surface area contributed by atoms with Crippen molar-refractivity contribution in [3.05, 3.63) is 28.8 Å². The molecule has 0 bridgehead atoms. The van der Waals surface area contributed by atoms with Gasteiger partial charge in [0.2, 0.25) is 0 Å². The quantitative estimate of drug-likeness (QED) is 0.897. The van der Waals surface area contributed by atoms with E-state index in [0.717, 1.165) is 12.2 Å². The fraction of sp³-hybridized carbons (Fsp3) is 0.462. The van der Waals surface area contributed by atoms with Gasteiger partial charge in [-0.15, -0.1) is 0 Å². The Kier molecular flexibility index (Phi) is 4.07. The molecule has 0 aliphatic carbocycles. The second-order valence-electron chi connectivity index (χ2n) is 4.75. The van der Waals surface area contributed by atoms with Gasteiger partial charge in [-0.05, 0) is 43.7 Å². The Labute approximate surface area is 116 Å². The predicted octanol–water partition coefficient (Wildman–Crippen LogP) is 3.06. The highest BCUT2D eigenvalue weighted by atomic mass is 35.5. The van der Waals surface area contributed by atoms with Crippen molar-refractivity contribution >= 4 is 29.3 Å². The van der Waals surface area contributed by atoms with Crippen LogP contribution in [0.3, 0.4) is 0 Å². The van der Waals surface area contributed by atoms with Crippen LogP contribution in [0.4, 0.5) is 0 Å². The Morgan fingerprint density at radius 1 is 1.61 bits per heavy atom. The third kappa shape index (κ3) is 3.12. The molecule has 1 unspecified atom stereocenters. The fourth-order valence-electron chi connectivity index (χ4n) is 2.04. The summed E-state index contributed by atoms with van der Waals surface area (Å²) >= 11 is 7.62. The highest BCUT2D eigenvalue weighted by Crippen LogP contribution is 2.37. The zero-order valence-corrected chi connectivity index (χ0v) is 11.8. The summed E-state index contributed by atoms with van der Waals surface area (Å²) < 4.78 is 0.123. The largest absolute Gasteiger partial charge is 0.507 e. The van der Waals surface area contributed by atoms with E-state index in [9.17, 15) is 9.90 Å². The Bertz CT molecular complexity index is 458. The number of carbonyl (C=O) groups is 1. The molecule has 1 fully saturated rings. The molecule has 0 aromatic heterocycles. The number of aromatic hydroxyl groups is 1. The zero-order chi connectivity index (χ0) is 13.2. The molecule has 1 aliphatic heterocycles. The van der Waals surface area contributed by atoms with Crippen molar-refractivity contribution in [2.24, 2.45) is 0 Å². The number of amides is 1. The summed E-state index contributed by atoms with van der Waals surface area (Å²) in [5, 5.41) is 13.0. The lowest BCUT2D eigenvalue weighted by molar-refractivity contribution is 0.0947. The Morgan fingerprint density at radius 2 is 2.39 bits per heavy atom. The predicted molar refractivity (Wildman–Crippen MR) is 75.5 cm³/mol. The van der Waals surface area contributed by atoms with Gasteiger partial charge in [0, 0.05) is 16.3 Å². The maximum Gasteiger partial charge on any atom is 0.255 e. The molecule has 98 valence electrons. The van der Waals surface area contributed by atoms with Crippen molar-refractivity contribution in [2.45, 2.75) is 24.5 Å². The van der Waals surface area contributed by atoms with Crippen molar-refractivity contribution in [2.75, 3.05) is 12.3 Å². The van der Waals surface area contributed by atoms with Crippen LogP contribution in [0.1, 0.15) is 30.1 Å². The number of phenols is 1. The van der Waals surface area contributed by atoms with E-state index in [-0.39, 0.29) is 22.0 Å². The molecular formula is C13H16ClNO2S. The monoisotopic (exact) mass is 285 g/mol.